The Kier molecular flexibility index (Phi) is 21.3. The fourth-order valence-corrected chi connectivity index (χ4v) is 8.25. The van der Waals surface area contributed by atoms with Gasteiger partial charge in [0.15, 0.2) is 0 Å². The highest BCUT2D eigenvalue weighted by atomic mass is 16.2. The Bertz CT molecular complexity index is 1720. The number of hydrogen-bond donors (Lipinski definition) is 5. The molecule has 1 aliphatic heterocycles. The minimum atomic E-state index is -1.05. The van der Waals surface area contributed by atoms with Gasteiger partial charge in [0.05, 0.1) is 6.04 Å². The molecule has 2 saturated carbocycles. The van der Waals surface area contributed by atoms with Crippen LogP contribution in [0.2, 0.25) is 0 Å². The summed E-state index contributed by atoms with van der Waals surface area (Å²) in [5.41, 5.74) is -1.36. The van der Waals surface area contributed by atoms with Crippen LogP contribution >= 0.6 is 0 Å². The van der Waals surface area contributed by atoms with E-state index in [-0.39, 0.29) is 48.1 Å². The van der Waals surface area contributed by atoms with E-state index < -0.39 is 52.7 Å². The highest BCUT2D eigenvalue weighted by Crippen LogP contribution is 2.65. The van der Waals surface area contributed by atoms with Crippen LogP contribution < -0.4 is 26.6 Å². The zero-order valence-corrected chi connectivity index (χ0v) is 39.9. The molecular weight excluding hydrogens is 793 g/mol. The molecule has 0 spiro atoms. The van der Waals surface area contributed by atoms with E-state index in [2.05, 4.69) is 108 Å². The minimum absolute atomic E-state index is 0.0626. The highest BCUT2D eigenvalue weighted by Gasteiger charge is 2.70. The molecule has 3 rings (SSSR count). The van der Waals surface area contributed by atoms with Crippen molar-refractivity contribution in [3.8, 4) is 0 Å². The first-order chi connectivity index (χ1) is 29.8. The highest BCUT2D eigenvalue weighted by molar-refractivity contribution is 6.38. The number of rotatable bonds is 25. The van der Waals surface area contributed by atoms with Gasteiger partial charge in [0.2, 0.25) is 23.5 Å². The van der Waals surface area contributed by atoms with Crippen LogP contribution in [0.3, 0.4) is 0 Å². The predicted molar refractivity (Wildman–Crippen MR) is 253 cm³/mol. The summed E-state index contributed by atoms with van der Waals surface area (Å²) in [4.78, 5) is 82.3. The molecule has 0 bridgehead atoms. The first-order valence-corrected chi connectivity index (χ1v) is 23.5. The number of Topliss-reactive ketones (excluding diaryl/α,β-unsaturated/α-hetero) is 1. The molecule has 1 saturated heterocycles. The van der Waals surface area contributed by atoms with Crippen LogP contribution in [0.15, 0.2) is 72.9 Å². The van der Waals surface area contributed by atoms with E-state index in [1.54, 1.807) is 4.90 Å². The fourth-order valence-electron chi connectivity index (χ4n) is 8.25. The molecule has 0 aromatic heterocycles. The Morgan fingerprint density at radius 1 is 0.714 bits per heavy atom. The summed E-state index contributed by atoms with van der Waals surface area (Å²) < 4.78 is 0. The van der Waals surface area contributed by atoms with Crippen LogP contribution in [0.25, 0.3) is 0 Å². The molecule has 0 aromatic rings. The smallest absolute Gasteiger partial charge is 0.315 e. The number of likely N-dealkylation sites (tertiary alicyclic amines) is 1. The number of ketones is 1. The molecule has 5 N–H and O–H groups in total. The van der Waals surface area contributed by atoms with Gasteiger partial charge in [-0.3, -0.25) is 24.0 Å². The zero-order valence-electron chi connectivity index (χ0n) is 39.9. The number of fused-ring (bicyclic) bond motifs is 1. The van der Waals surface area contributed by atoms with E-state index in [0.717, 1.165) is 57.8 Å². The molecule has 6 amide bonds. The molecule has 1 unspecified atom stereocenters. The Balaban J connectivity index is 1.43. The first-order valence-electron chi connectivity index (χ1n) is 23.5. The van der Waals surface area contributed by atoms with Gasteiger partial charge in [-0.2, -0.15) is 0 Å². The van der Waals surface area contributed by atoms with E-state index in [9.17, 15) is 28.8 Å². The average molecular weight is 873 g/mol. The fraction of sp³-hybridized carbons (Fsp3) is 0.647. The first kappa shape index (κ1) is 52.6. The van der Waals surface area contributed by atoms with Crippen LogP contribution in [0.4, 0.5) is 4.79 Å². The molecule has 1 heterocycles. The molecule has 5 atom stereocenters. The Morgan fingerprint density at radius 2 is 1.24 bits per heavy atom. The van der Waals surface area contributed by atoms with Crippen LogP contribution in [-0.2, 0) is 24.0 Å². The molecule has 63 heavy (non-hydrogen) atoms. The van der Waals surface area contributed by atoms with Crippen molar-refractivity contribution in [1.82, 2.24) is 31.5 Å². The van der Waals surface area contributed by atoms with Gasteiger partial charge in [-0.15, -0.1) is 0 Å². The number of allylic oxidation sites excluding steroid dienone is 12. The summed E-state index contributed by atoms with van der Waals surface area (Å²) >= 11 is 0. The zero-order chi connectivity index (χ0) is 46.6. The number of carbonyl (C=O) groups excluding carboxylic acids is 6. The number of hydrogen-bond acceptors (Lipinski definition) is 6. The maximum absolute atomic E-state index is 14.3. The molecule has 12 nitrogen and oxygen atoms in total. The summed E-state index contributed by atoms with van der Waals surface area (Å²) in [6, 6.07) is -3.28. The van der Waals surface area contributed by atoms with Crippen molar-refractivity contribution in [3.05, 3.63) is 72.9 Å². The van der Waals surface area contributed by atoms with E-state index in [0.29, 0.717) is 25.8 Å². The second-order valence-corrected chi connectivity index (χ2v) is 20.1. The molecule has 12 heteroatoms. The van der Waals surface area contributed by atoms with Gasteiger partial charge >= 0.3 is 6.03 Å². The van der Waals surface area contributed by atoms with Crippen molar-refractivity contribution < 1.29 is 28.8 Å². The van der Waals surface area contributed by atoms with Crippen molar-refractivity contribution in [2.24, 2.45) is 28.6 Å². The number of nitrogens with one attached hydrogen (secondary N) is 5. The normalized spacial score (nSPS) is 21.0. The summed E-state index contributed by atoms with van der Waals surface area (Å²) in [5, 5.41) is 14.1. The summed E-state index contributed by atoms with van der Waals surface area (Å²) in [7, 11) is 0. The van der Waals surface area contributed by atoms with Gasteiger partial charge in [0.25, 0.3) is 5.91 Å². The lowest BCUT2D eigenvalue weighted by Crippen LogP contribution is -2.62. The quantitative estimate of drug-likeness (QED) is 0.0355. The number of carbonyl (C=O) groups is 6. The molecule has 2 aliphatic carbocycles. The standard InChI is InChI=1S/C51H80N6O6/c1-10-11-12-13-14-15-16-17-18-19-20-21-22-23-24-25-26-27-28-32-40(58)52-33-34-53-46(61)43(59)39(35-37-30-29-31-37)54-45(60)42-41-38(51(41,8)9)36-57(42)47(62)44(49(2,3)4)55-48(63)56-50(5,6)7/h11-12,14-15,17-18,20-21,23-24,26-27,37-39,41-42,44H,10,13,16,19,22,25,28-36H2,1-9H3,(H,52,58)(H,53,61)(H,54,60)(H2,55,56,63)/b12-11-,15-14-,18-17-,21-20-,24-23-,27-26-/t38-,39?,41-,42+,44+/m1/s1. The van der Waals surface area contributed by atoms with Gasteiger partial charge in [0.1, 0.15) is 12.1 Å². The van der Waals surface area contributed by atoms with Gasteiger partial charge in [0, 0.05) is 31.6 Å². The lowest BCUT2D eigenvalue weighted by Gasteiger charge is -2.38. The summed E-state index contributed by atoms with van der Waals surface area (Å²) in [5.74, 6) is -2.36. The number of amides is 6. The number of piperidine rings is 1. The Hall–Kier alpha value is -4.74. The molecule has 350 valence electrons. The predicted octanol–water partition coefficient (Wildman–Crippen LogP) is 7.94. The SMILES string of the molecule is CC/C=C\C/C=C\C/C=C\C/C=C\C/C=C\C/C=C\CCC(=O)NCCNC(=O)C(=O)C(CC1CCC1)NC(=O)[C@@H]1[C@H]2[C@@H](CN1C(=O)[C@H](NC(=O)NC(C)(C)C)C(C)(C)C)C2(C)C. The minimum Gasteiger partial charge on any atom is -0.354 e. The lowest BCUT2D eigenvalue weighted by atomic mass is 9.80. The van der Waals surface area contributed by atoms with Crippen molar-refractivity contribution >= 4 is 35.4 Å². The largest absolute Gasteiger partial charge is 0.354 e. The third-order valence-electron chi connectivity index (χ3n) is 12.2. The van der Waals surface area contributed by atoms with Crippen molar-refractivity contribution in [2.75, 3.05) is 19.6 Å². The molecule has 0 radical (unpaired) electrons. The van der Waals surface area contributed by atoms with E-state index in [1.807, 2.05) is 53.7 Å². The Labute approximate surface area is 378 Å². The van der Waals surface area contributed by atoms with Crippen molar-refractivity contribution in [2.45, 2.75) is 163 Å². The summed E-state index contributed by atoms with van der Waals surface area (Å²) in [6.45, 7) is 18.1. The average Bonchev–Trinajstić information content (AvgIpc) is 3.48. The monoisotopic (exact) mass is 873 g/mol. The maximum atomic E-state index is 14.3. The molecular formula is C51H80N6O6. The van der Waals surface area contributed by atoms with Crippen LogP contribution in [-0.4, -0.2) is 83.6 Å². The maximum Gasteiger partial charge on any atom is 0.315 e. The second-order valence-electron chi connectivity index (χ2n) is 20.1. The van der Waals surface area contributed by atoms with E-state index in [4.69, 9.17) is 0 Å². The van der Waals surface area contributed by atoms with Gasteiger partial charge in [-0.25, -0.2) is 4.79 Å². The third kappa shape index (κ3) is 18.1. The van der Waals surface area contributed by atoms with Crippen LogP contribution in [0, 0.1) is 28.6 Å². The van der Waals surface area contributed by atoms with Crippen LogP contribution in [0.5, 0.6) is 0 Å². The summed E-state index contributed by atoms with van der Waals surface area (Å²) in [6.07, 6.45) is 35.4. The third-order valence-corrected chi connectivity index (χ3v) is 12.2. The topological polar surface area (TPSA) is 166 Å². The Morgan fingerprint density at radius 3 is 1.73 bits per heavy atom. The van der Waals surface area contributed by atoms with Gasteiger partial charge in [-0.1, -0.05) is 134 Å². The van der Waals surface area contributed by atoms with Crippen molar-refractivity contribution in [3.63, 3.8) is 0 Å². The molecule has 0 aromatic carbocycles. The van der Waals surface area contributed by atoms with Gasteiger partial charge in [-0.05, 0) is 101 Å². The van der Waals surface area contributed by atoms with Crippen LogP contribution in [0.1, 0.15) is 139 Å². The van der Waals surface area contributed by atoms with Gasteiger partial charge < -0.3 is 31.5 Å². The molecule has 3 fully saturated rings. The second kappa shape index (κ2) is 25.5. The molecule has 3 aliphatic rings. The number of nitrogens with zero attached hydrogens (tertiary/aromatic N) is 1. The van der Waals surface area contributed by atoms with E-state index in [1.165, 1.54) is 0 Å². The van der Waals surface area contributed by atoms with Crippen molar-refractivity contribution in [1.29, 1.82) is 0 Å². The lowest BCUT2D eigenvalue weighted by molar-refractivity contribution is -0.145. The van der Waals surface area contributed by atoms with E-state index >= 15 is 0 Å². The number of urea groups is 1.